The second-order valence-electron chi connectivity index (χ2n) is 5.38. The number of carbonyl (C=O) groups is 1. The van der Waals surface area contributed by atoms with Crippen molar-refractivity contribution in [2.75, 3.05) is 6.61 Å². The van der Waals surface area contributed by atoms with Gasteiger partial charge in [-0.25, -0.2) is 0 Å². The van der Waals surface area contributed by atoms with Crippen molar-refractivity contribution in [3.63, 3.8) is 0 Å². The number of rotatable bonds is 6. The molecule has 1 N–H and O–H groups in total. The summed E-state index contributed by atoms with van der Waals surface area (Å²) >= 11 is 1.12. The van der Waals surface area contributed by atoms with Crippen LogP contribution in [0.4, 0.5) is 0 Å². The number of hydrogen-bond donors (Lipinski definition) is 1. The minimum absolute atomic E-state index is 0.00106. The fourth-order valence-corrected chi connectivity index (χ4v) is 2.37. The Balaban J connectivity index is 2.71. The summed E-state index contributed by atoms with van der Waals surface area (Å²) in [5.41, 5.74) is 1.12. The average Bonchev–Trinajstić information content (AvgIpc) is 2.35. The Morgan fingerprint density at radius 2 is 1.95 bits per heavy atom. The summed E-state index contributed by atoms with van der Waals surface area (Å²) in [7, 11) is 0. The van der Waals surface area contributed by atoms with Crippen LogP contribution in [0.25, 0.3) is 0 Å². The zero-order valence-electron chi connectivity index (χ0n) is 12.1. The van der Waals surface area contributed by atoms with Gasteiger partial charge in [0.1, 0.15) is 4.75 Å². The van der Waals surface area contributed by atoms with E-state index in [1.54, 1.807) is 0 Å². The SMILES string of the molecule is CCOC(=O)C[C@H](N[SH+]C(C)(C)C)c1ccccc1. The van der Waals surface area contributed by atoms with Gasteiger partial charge in [-0.2, -0.15) is 0 Å². The van der Waals surface area contributed by atoms with Crippen molar-refractivity contribution >= 4 is 17.9 Å². The molecule has 0 spiro atoms. The smallest absolute Gasteiger partial charge is 0.307 e. The molecule has 1 aromatic carbocycles. The third-order valence-corrected chi connectivity index (χ3v) is 3.55. The maximum atomic E-state index is 11.7. The van der Waals surface area contributed by atoms with Crippen molar-refractivity contribution in [3.8, 4) is 0 Å². The lowest BCUT2D eigenvalue weighted by molar-refractivity contribution is -0.143. The van der Waals surface area contributed by atoms with E-state index in [9.17, 15) is 4.79 Å². The van der Waals surface area contributed by atoms with Gasteiger partial charge in [-0.05, 0) is 33.3 Å². The van der Waals surface area contributed by atoms with Crippen molar-refractivity contribution in [3.05, 3.63) is 35.9 Å². The minimum Gasteiger partial charge on any atom is -0.466 e. The maximum Gasteiger partial charge on any atom is 0.307 e. The predicted octanol–water partition coefficient (Wildman–Crippen LogP) is 2.80. The molecule has 0 bridgehead atoms. The van der Waals surface area contributed by atoms with E-state index in [2.05, 4.69) is 25.5 Å². The molecule has 0 heterocycles. The van der Waals surface area contributed by atoms with E-state index in [1.165, 1.54) is 0 Å². The zero-order chi connectivity index (χ0) is 14.3. The molecular weight excluding hydrogens is 258 g/mol. The monoisotopic (exact) mass is 282 g/mol. The highest BCUT2D eigenvalue weighted by atomic mass is 32.2. The fraction of sp³-hybridized carbons (Fsp3) is 0.533. The highest BCUT2D eigenvalue weighted by molar-refractivity contribution is 7.77. The van der Waals surface area contributed by atoms with Gasteiger partial charge in [0.05, 0.1) is 31.0 Å². The molecule has 1 rings (SSSR count). The van der Waals surface area contributed by atoms with Crippen LogP contribution >= 0.6 is 0 Å². The molecule has 106 valence electrons. The van der Waals surface area contributed by atoms with Crippen LogP contribution in [-0.2, 0) is 21.5 Å². The number of nitrogens with one attached hydrogen (secondary N) is 1. The molecule has 0 saturated carbocycles. The van der Waals surface area contributed by atoms with Gasteiger partial charge in [0.15, 0.2) is 0 Å². The van der Waals surface area contributed by atoms with Gasteiger partial charge >= 0.3 is 5.97 Å². The lowest BCUT2D eigenvalue weighted by Gasteiger charge is -2.17. The molecule has 1 atom stereocenters. The molecule has 1 aromatic rings. The van der Waals surface area contributed by atoms with E-state index in [4.69, 9.17) is 4.74 Å². The summed E-state index contributed by atoms with van der Waals surface area (Å²) in [6.07, 6.45) is 0.362. The molecule has 0 saturated heterocycles. The Morgan fingerprint density at radius 3 is 2.47 bits per heavy atom. The van der Waals surface area contributed by atoms with Crippen LogP contribution in [0.3, 0.4) is 0 Å². The van der Waals surface area contributed by atoms with Crippen molar-refractivity contribution in [2.45, 2.75) is 44.9 Å². The summed E-state index contributed by atoms with van der Waals surface area (Å²) in [6.45, 7) is 8.74. The number of benzene rings is 1. The lowest BCUT2D eigenvalue weighted by atomic mass is 10.1. The average molecular weight is 282 g/mol. The van der Waals surface area contributed by atoms with Gasteiger partial charge in [-0.3, -0.25) is 4.79 Å². The molecule has 0 aliphatic heterocycles. The number of hydrogen-bond acceptors (Lipinski definition) is 3. The number of esters is 1. The van der Waals surface area contributed by atoms with Crippen LogP contribution in [0, 0.1) is 0 Å². The Labute approximate surface area is 120 Å². The Bertz CT molecular complexity index is 387. The van der Waals surface area contributed by atoms with Gasteiger partial charge < -0.3 is 4.74 Å². The molecule has 19 heavy (non-hydrogen) atoms. The van der Waals surface area contributed by atoms with Crippen molar-refractivity contribution < 1.29 is 9.53 Å². The second-order valence-corrected chi connectivity index (χ2v) is 7.21. The molecule has 0 aliphatic rings. The van der Waals surface area contributed by atoms with Gasteiger partial charge in [-0.15, -0.1) is 4.72 Å². The first-order chi connectivity index (χ1) is 8.92. The number of ether oxygens (including phenoxy) is 1. The molecular formula is C15H24NO2S+. The fourth-order valence-electron chi connectivity index (χ4n) is 1.58. The molecule has 0 fully saturated rings. The molecule has 4 heteroatoms. The van der Waals surface area contributed by atoms with E-state index in [1.807, 2.05) is 37.3 Å². The molecule has 3 nitrogen and oxygen atoms in total. The third kappa shape index (κ3) is 6.64. The summed E-state index contributed by atoms with van der Waals surface area (Å²) in [5.74, 6) is -0.159. The van der Waals surface area contributed by atoms with E-state index in [-0.39, 0.29) is 16.8 Å². The van der Waals surface area contributed by atoms with Crippen LogP contribution in [0.5, 0.6) is 0 Å². The van der Waals surface area contributed by atoms with Crippen molar-refractivity contribution in [1.82, 2.24) is 4.72 Å². The summed E-state index contributed by atoms with van der Waals surface area (Å²) in [5, 5.41) is 0. The standard InChI is InChI=1S/C15H23NO2S/c1-5-18-14(17)11-13(16-19-15(2,3)4)12-9-7-6-8-10-12/h6-10,13,16H,5,11H2,1-4H3/p+1/t13-/m0/s1. The van der Waals surface area contributed by atoms with Crippen molar-refractivity contribution in [2.24, 2.45) is 0 Å². The minimum atomic E-state index is -0.159. The highest BCUT2D eigenvalue weighted by Gasteiger charge is 2.25. The lowest BCUT2D eigenvalue weighted by Crippen LogP contribution is -2.32. The van der Waals surface area contributed by atoms with Crippen molar-refractivity contribution in [1.29, 1.82) is 0 Å². The Kier molecular flexibility index (Phi) is 6.38. The molecule has 0 aromatic heterocycles. The summed E-state index contributed by atoms with van der Waals surface area (Å²) < 4.78 is 8.63. The molecule has 0 amide bonds. The maximum absolute atomic E-state index is 11.7. The zero-order valence-corrected chi connectivity index (χ0v) is 13.0. The van der Waals surface area contributed by atoms with Gasteiger partial charge in [0, 0.05) is 0 Å². The predicted molar refractivity (Wildman–Crippen MR) is 82.1 cm³/mol. The second kappa shape index (κ2) is 7.56. The number of thiol groups is 1. The first-order valence-corrected chi connectivity index (χ1v) is 7.50. The Hall–Kier alpha value is -1.00. The molecule has 0 radical (unpaired) electrons. The Morgan fingerprint density at radius 1 is 1.32 bits per heavy atom. The summed E-state index contributed by atoms with van der Waals surface area (Å²) in [4.78, 5) is 11.7. The van der Waals surface area contributed by atoms with Crippen LogP contribution < -0.4 is 4.72 Å². The van der Waals surface area contributed by atoms with E-state index >= 15 is 0 Å². The van der Waals surface area contributed by atoms with Gasteiger partial charge in [-0.1, -0.05) is 30.3 Å². The highest BCUT2D eigenvalue weighted by Crippen LogP contribution is 2.19. The van der Waals surface area contributed by atoms with E-state index in [0.29, 0.717) is 13.0 Å². The molecule has 0 unspecified atom stereocenters. The van der Waals surface area contributed by atoms with E-state index < -0.39 is 0 Å². The van der Waals surface area contributed by atoms with Crippen LogP contribution in [0.1, 0.15) is 45.7 Å². The summed E-state index contributed by atoms with van der Waals surface area (Å²) in [6, 6.07) is 10.0. The number of carbonyl (C=O) groups excluding carboxylic acids is 1. The molecule has 0 aliphatic carbocycles. The first kappa shape index (κ1) is 16.1. The van der Waals surface area contributed by atoms with Crippen LogP contribution in [0.2, 0.25) is 0 Å². The largest absolute Gasteiger partial charge is 0.466 e. The first-order valence-electron chi connectivity index (χ1n) is 6.60. The van der Waals surface area contributed by atoms with Crippen LogP contribution in [-0.4, -0.2) is 17.3 Å². The normalized spacial score (nSPS) is 13.1. The van der Waals surface area contributed by atoms with Crippen LogP contribution in [0.15, 0.2) is 30.3 Å². The van der Waals surface area contributed by atoms with E-state index in [0.717, 1.165) is 17.5 Å². The topological polar surface area (TPSA) is 38.3 Å². The quantitative estimate of drug-likeness (QED) is 0.495. The van der Waals surface area contributed by atoms with Gasteiger partial charge in [0.2, 0.25) is 0 Å². The third-order valence-electron chi connectivity index (χ3n) is 2.43. The van der Waals surface area contributed by atoms with Gasteiger partial charge in [0.25, 0.3) is 0 Å².